The highest BCUT2D eigenvalue weighted by Gasteiger charge is 2.39. The zero-order valence-electron chi connectivity index (χ0n) is 13.5. The zero-order chi connectivity index (χ0) is 17.3. The van der Waals surface area contributed by atoms with Crippen LogP contribution in [0.25, 0.3) is 0 Å². The fourth-order valence-electron chi connectivity index (χ4n) is 2.73. The predicted molar refractivity (Wildman–Crippen MR) is 85.1 cm³/mol. The minimum absolute atomic E-state index is 0.00714. The first kappa shape index (κ1) is 16.0. The van der Waals surface area contributed by atoms with Crippen LogP contribution in [0, 0.1) is 0 Å². The number of amides is 1. The number of hydrogen-bond acceptors (Lipinski definition) is 6. The summed E-state index contributed by atoms with van der Waals surface area (Å²) in [6.45, 7) is 0.495. The van der Waals surface area contributed by atoms with E-state index in [4.69, 9.17) is 0 Å². The fraction of sp³-hybridized carbons (Fsp3) is 0.353. The van der Waals surface area contributed by atoms with Crippen molar-refractivity contribution in [2.24, 2.45) is 0 Å². The number of hydrogen-bond donors (Lipinski definition) is 1. The summed E-state index contributed by atoms with van der Waals surface area (Å²) in [6.07, 6.45) is 3.08. The summed E-state index contributed by atoms with van der Waals surface area (Å²) in [7, 11) is 2.45. The lowest BCUT2D eigenvalue weighted by molar-refractivity contribution is -0.138. The molecule has 0 bridgehead atoms. The Morgan fingerprint density at radius 1 is 1.25 bits per heavy atom. The Kier molecular flexibility index (Phi) is 4.24. The van der Waals surface area contributed by atoms with E-state index in [-0.39, 0.29) is 11.6 Å². The second kappa shape index (κ2) is 6.35. The van der Waals surface area contributed by atoms with Crippen LogP contribution < -0.4 is 5.32 Å². The van der Waals surface area contributed by atoms with Gasteiger partial charge in [-0.1, -0.05) is 6.07 Å². The van der Waals surface area contributed by atoms with Crippen molar-refractivity contribution in [2.45, 2.75) is 25.4 Å². The van der Waals surface area contributed by atoms with Crippen LogP contribution in [0.5, 0.6) is 0 Å². The van der Waals surface area contributed by atoms with Gasteiger partial charge in [0, 0.05) is 29.4 Å². The van der Waals surface area contributed by atoms with E-state index in [1.54, 1.807) is 18.2 Å². The number of carbonyl (C=O) groups is 3. The monoisotopic (exact) mass is 330 g/mol. The van der Waals surface area contributed by atoms with Gasteiger partial charge in [0.15, 0.2) is 0 Å². The maximum Gasteiger partial charge on any atom is 0.354 e. The highest BCUT2D eigenvalue weighted by atomic mass is 16.5. The molecule has 126 valence electrons. The molecule has 7 nitrogen and oxygen atoms in total. The Morgan fingerprint density at radius 2 is 2.00 bits per heavy atom. The maximum absolute atomic E-state index is 12.4. The number of carbonyl (C=O) groups excluding carboxylic acids is 3. The van der Waals surface area contributed by atoms with Gasteiger partial charge in [-0.05, 0) is 25.0 Å². The van der Waals surface area contributed by atoms with E-state index in [0.717, 1.165) is 24.5 Å². The summed E-state index contributed by atoms with van der Waals surface area (Å²) >= 11 is 0. The molecule has 0 atom stereocenters. The maximum atomic E-state index is 12.4. The molecule has 1 aromatic carbocycles. The molecular weight excluding hydrogens is 312 g/mol. The number of anilines is 1. The average Bonchev–Trinajstić information content (AvgIpc) is 3.38. The summed E-state index contributed by atoms with van der Waals surface area (Å²) in [5.74, 6) is -1.36. The molecule has 0 saturated heterocycles. The average molecular weight is 330 g/mol. The van der Waals surface area contributed by atoms with E-state index >= 15 is 0 Å². The number of rotatable bonds is 5. The first-order valence-corrected chi connectivity index (χ1v) is 7.63. The van der Waals surface area contributed by atoms with Gasteiger partial charge in [-0.25, -0.2) is 9.59 Å². The lowest BCUT2D eigenvalue weighted by Crippen LogP contribution is -2.25. The van der Waals surface area contributed by atoms with Crippen LogP contribution in [-0.4, -0.2) is 43.0 Å². The molecule has 1 fully saturated rings. The third-order valence-corrected chi connectivity index (χ3v) is 4.12. The Bertz CT molecular complexity index is 736. The number of ether oxygens (including phenoxy) is 2. The van der Waals surface area contributed by atoms with Crippen molar-refractivity contribution < 1.29 is 23.9 Å². The first-order chi connectivity index (χ1) is 11.5. The van der Waals surface area contributed by atoms with Gasteiger partial charge < -0.3 is 19.7 Å². The second-order valence-corrected chi connectivity index (χ2v) is 5.69. The van der Waals surface area contributed by atoms with E-state index < -0.39 is 11.9 Å². The molecule has 1 aliphatic heterocycles. The number of benzene rings is 1. The zero-order valence-corrected chi connectivity index (χ0v) is 13.5. The Morgan fingerprint density at radius 3 is 2.62 bits per heavy atom. The van der Waals surface area contributed by atoms with Gasteiger partial charge in [-0.3, -0.25) is 4.79 Å². The summed E-state index contributed by atoms with van der Waals surface area (Å²) in [5, 5.41) is 2.90. The van der Waals surface area contributed by atoms with Crippen molar-refractivity contribution in [2.75, 3.05) is 19.5 Å². The molecule has 0 aromatic heterocycles. The largest absolute Gasteiger partial charge is 0.466 e. The Labute approximate surface area is 139 Å². The van der Waals surface area contributed by atoms with E-state index in [1.165, 1.54) is 14.2 Å². The molecule has 0 radical (unpaired) electrons. The minimum Gasteiger partial charge on any atom is -0.466 e. The third kappa shape index (κ3) is 2.97. The number of methoxy groups -OCH3 is 2. The topological polar surface area (TPSA) is 84.9 Å². The number of esters is 2. The van der Waals surface area contributed by atoms with Crippen molar-refractivity contribution in [3.8, 4) is 0 Å². The molecule has 1 amide bonds. The molecule has 0 spiro atoms. The smallest absolute Gasteiger partial charge is 0.354 e. The first-order valence-electron chi connectivity index (χ1n) is 7.63. The molecule has 24 heavy (non-hydrogen) atoms. The molecular formula is C17H18N2O5. The van der Waals surface area contributed by atoms with E-state index in [0.29, 0.717) is 23.8 Å². The lowest BCUT2D eigenvalue weighted by Gasteiger charge is -2.15. The molecule has 1 heterocycles. The summed E-state index contributed by atoms with van der Waals surface area (Å²) in [6, 6.07) is 5.58. The summed E-state index contributed by atoms with van der Waals surface area (Å²) < 4.78 is 9.24. The van der Waals surface area contributed by atoms with Gasteiger partial charge in [0.2, 0.25) is 0 Å². The predicted octanol–water partition coefficient (Wildman–Crippen LogP) is 1.45. The molecule has 7 heteroatoms. The number of nitrogens with zero attached hydrogens (tertiary/aromatic N) is 1. The molecule has 1 saturated carbocycles. The van der Waals surface area contributed by atoms with Crippen molar-refractivity contribution >= 4 is 23.5 Å². The van der Waals surface area contributed by atoms with Gasteiger partial charge in [-0.15, -0.1) is 0 Å². The normalized spacial score (nSPS) is 16.7. The fourth-order valence-corrected chi connectivity index (χ4v) is 2.73. The van der Waals surface area contributed by atoms with Crippen LogP contribution in [0.15, 0.2) is 30.0 Å². The van der Waals surface area contributed by atoms with Crippen molar-refractivity contribution in [1.82, 2.24) is 4.90 Å². The summed E-state index contributed by atoms with van der Waals surface area (Å²) in [4.78, 5) is 37.6. The Hall–Kier alpha value is -2.83. The molecule has 1 aliphatic carbocycles. The third-order valence-electron chi connectivity index (χ3n) is 4.12. The van der Waals surface area contributed by atoms with Gasteiger partial charge in [0.25, 0.3) is 5.91 Å². The van der Waals surface area contributed by atoms with Crippen LogP contribution in [0.1, 0.15) is 28.8 Å². The molecule has 3 rings (SSSR count). The number of fused-ring (bicyclic) bond motifs is 1. The highest BCUT2D eigenvalue weighted by molar-refractivity contribution is 6.02. The van der Waals surface area contributed by atoms with Gasteiger partial charge >= 0.3 is 11.9 Å². The Balaban J connectivity index is 1.90. The minimum atomic E-state index is -0.693. The summed E-state index contributed by atoms with van der Waals surface area (Å²) in [5.41, 5.74) is 1.99. The molecule has 1 N–H and O–H groups in total. The quantitative estimate of drug-likeness (QED) is 0.650. The highest BCUT2D eigenvalue weighted by Crippen LogP contribution is 2.37. The van der Waals surface area contributed by atoms with E-state index in [9.17, 15) is 14.4 Å². The van der Waals surface area contributed by atoms with Crippen LogP contribution in [0.3, 0.4) is 0 Å². The molecule has 2 aliphatic rings. The van der Waals surface area contributed by atoms with E-state index in [2.05, 4.69) is 14.8 Å². The SMILES string of the molecule is COC(=O)/C=C(/Nc1cccc2c1CN(C1CC1)C2=O)C(=O)OC. The molecule has 1 aromatic rings. The van der Waals surface area contributed by atoms with Crippen LogP contribution >= 0.6 is 0 Å². The second-order valence-electron chi connectivity index (χ2n) is 5.69. The standard InChI is InChI=1S/C17H18N2O5/c1-23-15(20)8-14(17(22)24-2)18-13-5-3-4-11-12(13)9-19(16(11)21)10-6-7-10/h3-5,8,10,18H,6-7,9H2,1-2H3/b14-8+. The van der Waals surface area contributed by atoms with Crippen LogP contribution in [-0.2, 0) is 25.6 Å². The van der Waals surface area contributed by atoms with Crippen molar-refractivity contribution in [3.05, 3.63) is 41.1 Å². The van der Waals surface area contributed by atoms with E-state index in [1.807, 2.05) is 4.90 Å². The molecule has 0 unspecified atom stereocenters. The van der Waals surface area contributed by atoms with Crippen LogP contribution in [0.2, 0.25) is 0 Å². The van der Waals surface area contributed by atoms with Gasteiger partial charge in [-0.2, -0.15) is 0 Å². The van der Waals surface area contributed by atoms with Crippen LogP contribution in [0.4, 0.5) is 5.69 Å². The lowest BCUT2D eigenvalue weighted by atomic mass is 10.1. The van der Waals surface area contributed by atoms with Crippen molar-refractivity contribution in [1.29, 1.82) is 0 Å². The van der Waals surface area contributed by atoms with Gasteiger partial charge in [0.1, 0.15) is 5.70 Å². The van der Waals surface area contributed by atoms with Crippen molar-refractivity contribution in [3.63, 3.8) is 0 Å². The van der Waals surface area contributed by atoms with Gasteiger partial charge in [0.05, 0.1) is 20.3 Å². The number of nitrogens with one attached hydrogen (secondary N) is 1.